The van der Waals surface area contributed by atoms with Crippen LogP contribution in [0, 0.1) is 0 Å². The molecule has 0 bridgehead atoms. The Labute approximate surface area is 94.4 Å². The molecular weight excluding hydrogens is 200 g/mol. The number of nitrogens with one attached hydrogen (secondary N) is 1. The molecule has 2 aromatic heterocycles. The van der Waals surface area contributed by atoms with E-state index < -0.39 is 0 Å². The molecule has 82 valence electrons. The van der Waals surface area contributed by atoms with Gasteiger partial charge in [0.25, 0.3) is 0 Å². The largest absolute Gasteiger partial charge is 0.310 e. The molecule has 0 radical (unpaired) electrons. The molecule has 3 rings (SSSR count). The van der Waals surface area contributed by atoms with Gasteiger partial charge in [0, 0.05) is 24.6 Å². The third-order valence-electron chi connectivity index (χ3n) is 3.00. The summed E-state index contributed by atoms with van der Waals surface area (Å²) >= 11 is 0. The van der Waals surface area contributed by atoms with Crippen molar-refractivity contribution in [2.75, 3.05) is 6.54 Å². The van der Waals surface area contributed by atoms with Crippen LogP contribution in [-0.4, -0.2) is 21.1 Å². The molecule has 2 aromatic rings. The molecule has 1 aliphatic rings. The van der Waals surface area contributed by atoms with Gasteiger partial charge in [-0.15, -0.1) is 0 Å². The van der Waals surface area contributed by atoms with E-state index in [0.717, 1.165) is 12.4 Å². The second kappa shape index (κ2) is 4.06. The van der Waals surface area contributed by atoms with E-state index in [0.29, 0.717) is 6.04 Å². The van der Waals surface area contributed by atoms with E-state index in [4.69, 9.17) is 0 Å². The van der Waals surface area contributed by atoms with E-state index in [-0.39, 0.29) is 0 Å². The fourth-order valence-corrected chi connectivity index (χ4v) is 2.16. The van der Waals surface area contributed by atoms with Crippen molar-refractivity contribution in [2.24, 2.45) is 0 Å². The molecular formula is C12H14N4. The second-order valence-corrected chi connectivity index (χ2v) is 4.07. The summed E-state index contributed by atoms with van der Waals surface area (Å²) in [5.74, 6) is 0.934. The molecule has 0 aromatic carbocycles. The zero-order valence-electron chi connectivity index (χ0n) is 9.00. The molecule has 1 saturated heterocycles. The lowest BCUT2D eigenvalue weighted by Gasteiger charge is -2.11. The summed E-state index contributed by atoms with van der Waals surface area (Å²) in [6.07, 6.45) is 9.79. The quantitative estimate of drug-likeness (QED) is 0.827. The highest BCUT2D eigenvalue weighted by Crippen LogP contribution is 2.23. The summed E-state index contributed by atoms with van der Waals surface area (Å²) in [7, 11) is 0. The molecule has 3 heterocycles. The van der Waals surface area contributed by atoms with Crippen LogP contribution in [0.15, 0.2) is 37.1 Å². The third-order valence-corrected chi connectivity index (χ3v) is 3.00. The van der Waals surface area contributed by atoms with Crippen molar-refractivity contribution in [1.82, 2.24) is 19.9 Å². The minimum Gasteiger partial charge on any atom is -0.310 e. The lowest BCUT2D eigenvalue weighted by atomic mass is 10.1. The number of imidazole rings is 1. The number of hydrogen-bond acceptors (Lipinski definition) is 3. The Morgan fingerprint density at radius 2 is 2.38 bits per heavy atom. The van der Waals surface area contributed by atoms with Gasteiger partial charge < -0.3 is 5.32 Å². The minimum atomic E-state index is 0.491. The highest BCUT2D eigenvalue weighted by molar-refractivity contribution is 5.30. The van der Waals surface area contributed by atoms with E-state index >= 15 is 0 Å². The molecule has 0 unspecified atom stereocenters. The van der Waals surface area contributed by atoms with Crippen molar-refractivity contribution in [3.05, 3.63) is 42.6 Å². The molecule has 4 heteroatoms. The molecule has 0 saturated carbocycles. The van der Waals surface area contributed by atoms with Gasteiger partial charge in [-0.1, -0.05) is 0 Å². The Balaban J connectivity index is 1.93. The molecule has 1 fully saturated rings. The summed E-state index contributed by atoms with van der Waals surface area (Å²) < 4.78 is 1.93. The van der Waals surface area contributed by atoms with Crippen LogP contribution in [-0.2, 0) is 0 Å². The summed E-state index contributed by atoms with van der Waals surface area (Å²) in [6.45, 7) is 1.12. The van der Waals surface area contributed by atoms with Crippen LogP contribution < -0.4 is 5.32 Å². The average Bonchev–Trinajstić information content (AvgIpc) is 3.03. The first-order valence-corrected chi connectivity index (χ1v) is 5.61. The van der Waals surface area contributed by atoms with Crippen LogP contribution in [0.1, 0.15) is 24.4 Å². The Hall–Kier alpha value is -1.68. The van der Waals surface area contributed by atoms with Gasteiger partial charge in [-0.3, -0.25) is 4.57 Å². The van der Waals surface area contributed by atoms with Gasteiger partial charge in [-0.05, 0) is 37.1 Å². The predicted octanol–water partition coefficient (Wildman–Crippen LogP) is 1.69. The molecule has 1 atom stereocenters. The Kier molecular flexibility index (Phi) is 2.42. The highest BCUT2D eigenvalue weighted by atomic mass is 15.1. The predicted molar refractivity (Wildman–Crippen MR) is 61.3 cm³/mol. The maximum Gasteiger partial charge on any atom is 0.138 e. The van der Waals surface area contributed by atoms with Crippen LogP contribution in [0.25, 0.3) is 5.82 Å². The van der Waals surface area contributed by atoms with Crippen LogP contribution in [0.2, 0.25) is 0 Å². The Bertz CT molecular complexity index is 458. The molecule has 1 aliphatic heterocycles. The number of hydrogen-bond donors (Lipinski definition) is 1. The number of rotatable bonds is 2. The normalized spacial score (nSPS) is 20.1. The summed E-state index contributed by atoms with van der Waals surface area (Å²) in [5.41, 5.74) is 1.32. The molecule has 0 spiro atoms. The van der Waals surface area contributed by atoms with Crippen molar-refractivity contribution in [3.63, 3.8) is 0 Å². The zero-order chi connectivity index (χ0) is 10.8. The van der Waals surface area contributed by atoms with Gasteiger partial charge in [-0.2, -0.15) is 0 Å². The van der Waals surface area contributed by atoms with E-state index in [1.165, 1.54) is 18.4 Å². The summed E-state index contributed by atoms with van der Waals surface area (Å²) in [5, 5.41) is 3.49. The van der Waals surface area contributed by atoms with E-state index in [2.05, 4.69) is 27.4 Å². The van der Waals surface area contributed by atoms with Gasteiger partial charge in [0.2, 0.25) is 0 Å². The zero-order valence-corrected chi connectivity index (χ0v) is 9.00. The van der Waals surface area contributed by atoms with Crippen molar-refractivity contribution in [3.8, 4) is 5.82 Å². The van der Waals surface area contributed by atoms with Gasteiger partial charge in [0.15, 0.2) is 0 Å². The lowest BCUT2D eigenvalue weighted by molar-refractivity contribution is 0.646. The average molecular weight is 214 g/mol. The molecule has 0 aliphatic carbocycles. The van der Waals surface area contributed by atoms with Crippen molar-refractivity contribution >= 4 is 0 Å². The van der Waals surface area contributed by atoms with Gasteiger partial charge in [0.05, 0.1) is 0 Å². The third kappa shape index (κ3) is 1.72. The van der Waals surface area contributed by atoms with Crippen LogP contribution in [0.5, 0.6) is 0 Å². The molecule has 16 heavy (non-hydrogen) atoms. The fourth-order valence-electron chi connectivity index (χ4n) is 2.16. The topological polar surface area (TPSA) is 42.7 Å². The number of pyridine rings is 1. The van der Waals surface area contributed by atoms with E-state index in [1.807, 2.05) is 17.0 Å². The first-order chi connectivity index (χ1) is 7.93. The maximum atomic E-state index is 4.35. The van der Waals surface area contributed by atoms with Crippen molar-refractivity contribution < 1.29 is 0 Å². The first-order valence-electron chi connectivity index (χ1n) is 5.61. The van der Waals surface area contributed by atoms with Crippen molar-refractivity contribution in [2.45, 2.75) is 18.9 Å². The van der Waals surface area contributed by atoms with Crippen LogP contribution in [0.4, 0.5) is 0 Å². The summed E-state index contributed by atoms with van der Waals surface area (Å²) in [4.78, 5) is 8.38. The first kappa shape index (κ1) is 9.54. The van der Waals surface area contributed by atoms with Crippen molar-refractivity contribution in [1.29, 1.82) is 0 Å². The highest BCUT2D eigenvalue weighted by Gasteiger charge is 2.16. The smallest absolute Gasteiger partial charge is 0.138 e. The second-order valence-electron chi connectivity index (χ2n) is 4.07. The van der Waals surface area contributed by atoms with Gasteiger partial charge in [0.1, 0.15) is 12.1 Å². The van der Waals surface area contributed by atoms with Crippen LogP contribution in [0.3, 0.4) is 0 Å². The van der Waals surface area contributed by atoms with E-state index in [1.54, 1.807) is 12.5 Å². The van der Waals surface area contributed by atoms with Crippen LogP contribution >= 0.6 is 0 Å². The Morgan fingerprint density at radius 1 is 1.38 bits per heavy atom. The molecule has 1 N–H and O–H groups in total. The summed E-state index contributed by atoms with van der Waals surface area (Å²) in [6, 6.07) is 4.71. The number of nitrogens with zero attached hydrogens (tertiary/aromatic N) is 3. The van der Waals surface area contributed by atoms with Gasteiger partial charge in [-0.25, -0.2) is 9.97 Å². The number of aromatic nitrogens is 3. The van der Waals surface area contributed by atoms with Gasteiger partial charge >= 0.3 is 0 Å². The standard InChI is InChI=1S/C12H14N4/c1-2-11(14-4-1)10-3-5-15-12(8-10)16-7-6-13-9-16/h3,5-9,11,14H,1-2,4H2/t11-/m1/s1. The monoisotopic (exact) mass is 214 g/mol. The molecule has 0 amide bonds. The minimum absolute atomic E-state index is 0.491. The fraction of sp³-hybridized carbons (Fsp3) is 0.333. The SMILES string of the molecule is c1cn(-c2cc([C@H]3CCCN3)ccn2)cn1. The lowest BCUT2D eigenvalue weighted by Crippen LogP contribution is -2.13. The molecule has 4 nitrogen and oxygen atoms in total. The van der Waals surface area contributed by atoms with E-state index in [9.17, 15) is 0 Å². The Morgan fingerprint density at radius 3 is 3.12 bits per heavy atom. The maximum absolute atomic E-state index is 4.35.